The fourth-order valence-corrected chi connectivity index (χ4v) is 4.54. The molecule has 2 saturated carbocycles. The Morgan fingerprint density at radius 2 is 2.00 bits per heavy atom. The van der Waals surface area contributed by atoms with E-state index in [2.05, 4.69) is 19.9 Å². The summed E-state index contributed by atoms with van der Waals surface area (Å²) in [6.45, 7) is 4.23. The first kappa shape index (κ1) is 23.1. The smallest absolute Gasteiger partial charge is 0.308 e. The Kier molecular flexibility index (Phi) is 9.16. The molecule has 2 N–H and O–H groups in total. The average molecular weight is 395 g/mol. The molecule has 0 aliphatic heterocycles. The standard InChI is InChI=1S/C23H38O5/c1-4-5-8-15(2)20(24)12-11-18-17(21(25)14-22(18)26)10-7-6-9-16-13-19(16)23(27)28-3/h6-7,15-20,22,24,26H,4-5,8-14H2,1-3H3/t15-,16-,17-,18-,19-,20-,22-/m1/s1. The molecule has 0 aromatic heterocycles. The lowest BCUT2D eigenvalue weighted by molar-refractivity contribution is -0.142. The van der Waals surface area contributed by atoms with E-state index in [1.165, 1.54) is 7.11 Å². The highest BCUT2D eigenvalue weighted by Gasteiger charge is 2.43. The Morgan fingerprint density at radius 3 is 2.68 bits per heavy atom. The van der Waals surface area contributed by atoms with Gasteiger partial charge >= 0.3 is 5.97 Å². The van der Waals surface area contributed by atoms with Crippen LogP contribution in [0.2, 0.25) is 0 Å². The number of methoxy groups -OCH3 is 1. The van der Waals surface area contributed by atoms with Gasteiger partial charge in [0, 0.05) is 12.3 Å². The molecule has 0 heterocycles. The molecule has 5 nitrogen and oxygen atoms in total. The van der Waals surface area contributed by atoms with Gasteiger partial charge in [0.2, 0.25) is 0 Å². The van der Waals surface area contributed by atoms with Crippen LogP contribution in [0.15, 0.2) is 12.2 Å². The molecule has 0 unspecified atom stereocenters. The van der Waals surface area contributed by atoms with E-state index in [4.69, 9.17) is 4.74 Å². The van der Waals surface area contributed by atoms with Crippen molar-refractivity contribution in [3.8, 4) is 0 Å². The van der Waals surface area contributed by atoms with Gasteiger partial charge in [-0.15, -0.1) is 0 Å². The van der Waals surface area contributed by atoms with Crippen molar-refractivity contribution in [1.82, 2.24) is 0 Å². The van der Waals surface area contributed by atoms with Gasteiger partial charge in [0.05, 0.1) is 25.2 Å². The third-order valence-corrected chi connectivity index (χ3v) is 6.72. The zero-order valence-electron chi connectivity index (χ0n) is 17.7. The summed E-state index contributed by atoms with van der Waals surface area (Å²) in [4.78, 5) is 23.8. The van der Waals surface area contributed by atoms with Crippen LogP contribution < -0.4 is 0 Å². The lowest BCUT2D eigenvalue weighted by Gasteiger charge is -2.24. The molecule has 7 atom stereocenters. The Morgan fingerprint density at radius 1 is 1.29 bits per heavy atom. The molecule has 0 saturated heterocycles. The van der Waals surface area contributed by atoms with Crippen molar-refractivity contribution in [3.63, 3.8) is 0 Å². The number of carbonyl (C=O) groups is 2. The van der Waals surface area contributed by atoms with E-state index < -0.39 is 6.10 Å². The van der Waals surface area contributed by atoms with Crippen molar-refractivity contribution in [2.24, 2.45) is 29.6 Å². The summed E-state index contributed by atoms with van der Waals surface area (Å²) in [6, 6.07) is 0. The minimum atomic E-state index is -0.587. The maximum absolute atomic E-state index is 12.3. The van der Waals surface area contributed by atoms with E-state index in [0.717, 1.165) is 32.1 Å². The first-order valence-electron chi connectivity index (χ1n) is 11.0. The summed E-state index contributed by atoms with van der Waals surface area (Å²) in [5.41, 5.74) is 0. The van der Waals surface area contributed by atoms with Gasteiger partial charge in [0.1, 0.15) is 5.78 Å². The van der Waals surface area contributed by atoms with E-state index in [1.807, 2.05) is 6.08 Å². The Labute approximate surface area is 169 Å². The fourth-order valence-electron chi connectivity index (χ4n) is 4.54. The van der Waals surface area contributed by atoms with Crippen LogP contribution in [-0.4, -0.2) is 41.3 Å². The van der Waals surface area contributed by atoms with Gasteiger partial charge in [0.15, 0.2) is 0 Å². The fraction of sp³-hybridized carbons (Fsp3) is 0.826. The number of carbonyl (C=O) groups excluding carboxylic acids is 2. The molecule has 5 heteroatoms. The van der Waals surface area contributed by atoms with Crippen molar-refractivity contribution in [2.45, 2.75) is 83.8 Å². The molecule has 0 radical (unpaired) electrons. The van der Waals surface area contributed by atoms with E-state index in [0.29, 0.717) is 25.2 Å². The van der Waals surface area contributed by atoms with Gasteiger partial charge in [-0.25, -0.2) is 0 Å². The molecule has 0 spiro atoms. The van der Waals surface area contributed by atoms with E-state index >= 15 is 0 Å². The molecule has 2 rings (SSSR count). The van der Waals surface area contributed by atoms with Gasteiger partial charge in [-0.2, -0.15) is 0 Å². The van der Waals surface area contributed by atoms with Crippen LogP contribution in [0.25, 0.3) is 0 Å². The summed E-state index contributed by atoms with van der Waals surface area (Å²) in [7, 11) is 1.42. The highest BCUT2D eigenvalue weighted by atomic mass is 16.5. The number of allylic oxidation sites excluding steroid dienone is 2. The predicted octanol–water partition coefficient (Wildman–Crippen LogP) is 3.67. The van der Waals surface area contributed by atoms with Crippen molar-refractivity contribution in [1.29, 1.82) is 0 Å². The number of hydrogen-bond acceptors (Lipinski definition) is 5. The largest absolute Gasteiger partial charge is 0.469 e. The van der Waals surface area contributed by atoms with Gasteiger partial charge in [-0.05, 0) is 56.3 Å². The number of hydrogen-bond donors (Lipinski definition) is 2. The first-order chi connectivity index (χ1) is 13.4. The topological polar surface area (TPSA) is 83.8 Å². The van der Waals surface area contributed by atoms with Crippen molar-refractivity contribution in [2.75, 3.05) is 7.11 Å². The van der Waals surface area contributed by atoms with Crippen LogP contribution in [0.4, 0.5) is 0 Å². The number of Topliss-reactive ketones (excluding diaryl/α,β-unsaturated/α-hetero) is 1. The number of aliphatic hydroxyl groups excluding tert-OH is 2. The molecule has 160 valence electrons. The minimum Gasteiger partial charge on any atom is -0.469 e. The number of rotatable bonds is 12. The van der Waals surface area contributed by atoms with Gasteiger partial charge in [-0.3, -0.25) is 9.59 Å². The Bertz CT molecular complexity index is 543. The van der Waals surface area contributed by atoms with E-state index in [1.54, 1.807) is 0 Å². The lowest BCUT2D eigenvalue weighted by Crippen LogP contribution is -2.24. The maximum atomic E-state index is 12.3. The Hall–Kier alpha value is -1.20. The summed E-state index contributed by atoms with van der Waals surface area (Å²) in [5.74, 6) is 0.453. The SMILES string of the molecule is CCCC[C@@H](C)[C@H](O)CC[C@H]1[C@H](O)CC(=O)[C@@H]1CC=CC[C@@H]1C[C@H]1C(=O)OC. The number of aliphatic hydroxyl groups is 2. The van der Waals surface area contributed by atoms with Crippen LogP contribution >= 0.6 is 0 Å². The third-order valence-electron chi connectivity index (χ3n) is 6.72. The highest BCUT2D eigenvalue weighted by Crippen LogP contribution is 2.42. The van der Waals surface area contributed by atoms with Crippen LogP contribution in [-0.2, 0) is 14.3 Å². The molecular formula is C23H38O5. The van der Waals surface area contributed by atoms with Crippen LogP contribution in [0, 0.1) is 29.6 Å². The molecular weight excluding hydrogens is 356 g/mol. The summed E-state index contributed by atoms with van der Waals surface area (Å²) < 4.78 is 4.76. The molecule has 0 aromatic carbocycles. The normalized spacial score (nSPS) is 31.9. The zero-order chi connectivity index (χ0) is 20.7. The number of ether oxygens (including phenoxy) is 1. The zero-order valence-corrected chi connectivity index (χ0v) is 17.7. The summed E-state index contributed by atoms with van der Waals surface area (Å²) >= 11 is 0. The second-order valence-corrected chi connectivity index (χ2v) is 8.84. The molecule has 2 aliphatic carbocycles. The predicted molar refractivity (Wildman–Crippen MR) is 109 cm³/mol. The monoisotopic (exact) mass is 394 g/mol. The Balaban J connectivity index is 1.77. The van der Waals surface area contributed by atoms with Gasteiger partial charge in [0.25, 0.3) is 0 Å². The van der Waals surface area contributed by atoms with Gasteiger partial charge < -0.3 is 14.9 Å². The van der Waals surface area contributed by atoms with Crippen molar-refractivity contribution < 1.29 is 24.5 Å². The number of esters is 1. The summed E-state index contributed by atoms with van der Waals surface area (Å²) in [5, 5.41) is 20.7. The van der Waals surface area contributed by atoms with Crippen molar-refractivity contribution >= 4 is 11.8 Å². The quantitative estimate of drug-likeness (QED) is 0.390. The lowest BCUT2D eigenvalue weighted by atomic mass is 9.84. The molecule has 2 fully saturated rings. The molecule has 0 amide bonds. The average Bonchev–Trinajstić information content (AvgIpc) is 3.40. The summed E-state index contributed by atoms with van der Waals surface area (Å²) in [6.07, 6.45) is 10.3. The first-order valence-corrected chi connectivity index (χ1v) is 11.0. The van der Waals surface area contributed by atoms with Gasteiger partial charge in [-0.1, -0.05) is 38.8 Å². The molecule has 0 bridgehead atoms. The second kappa shape index (κ2) is 11.1. The second-order valence-electron chi connectivity index (χ2n) is 8.84. The maximum Gasteiger partial charge on any atom is 0.308 e. The minimum absolute atomic E-state index is 0.0357. The molecule has 2 aliphatic rings. The molecule has 28 heavy (non-hydrogen) atoms. The highest BCUT2D eigenvalue weighted by molar-refractivity contribution is 5.84. The number of unbranched alkanes of at least 4 members (excludes halogenated alkanes) is 1. The number of ketones is 1. The van der Waals surface area contributed by atoms with E-state index in [-0.39, 0.29) is 47.9 Å². The third kappa shape index (κ3) is 6.41. The van der Waals surface area contributed by atoms with Crippen LogP contribution in [0.3, 0.4) is 0 Å². The van der Waals surface area contributed by atoms with Crippen LogP contribution in [0.1, 0.15) is 71.6 Å². The van der Waals surface area contributed by atoms with Crippen molar-refractivity contribution in [3.05, 3.63) is 12.2 Å². The molecule has 0 aromatic rings. The van der Waals surface area contributed by atoms with Crippen LogP contribution in [0.5, 0.6) is 0 Å². The van der Waals surface area contributed by atoms with E-state index in [9.17, 15) is 19.8 Å².